The topological polar surface area (TPSA) is 122 Å². The van der Waals surface area contributed by atoms with Crippen molar-refractivity contribution in [2.45, 2.75) is 0 Å². The van der Waals surface area contributed by atoms with Crippen LogP contribution in [-0.4, -0.2) is 28.8 Å². The van der Waals surface area contributed by atoms with Gasteiger partial charge in [0.25, 0.3) is 0 Å². The maximum Gasteiger partial charge on any atom is 0.247 e. The van der Waals surface area contributed by atoms with Gasteiger partial charge in [0.15, 0.2) is 0 Å². The van der Waals surface area contributed by atoms with E-state index in [4.69, 9.17) is 5.73 Å². The van der Waals surface area contributed by atoms with Crippen LogP contribution in [0, 0.1) is 0 Å². The van der Waals surface area contributed by atoms with Gasteiger partial charge in [0.1, 0.15) is 0 Å². The predicted octanol–water partition coefficient (Wildman–Crippen LogP) is 7.68. The van der Waals surface area contributed by atoms with Crippen molar-refractivity contribution in [1.82, 2.24) is 9.97 Å². The molecule has 0 fully saturated rings. The second kappa shape index (κ2) is 13.8. The van der Waals surface area contributed by atoms with Crippen molar-refractivity contribution in [2.24, 2.45) is 0 Å². The SMILES string of the molecule is C=CC(=O)Nc1cccc(-c2ccc3cc(NC)ccc3c2)c1.C=CC(=O)Nc1cccc(-c2ccc3cnc(N)nc3c2)c1. The lowest BCUT2D eigenvalue weighted by Gasteiger charge is -2.08. The summed E-state index contributed by atoms with van der Waals surface area (Å²) in [5, 5.41) is 12.0. The quantitative estimate of drug-likeness (QED) is 0.141. The fourth-order valence-electron chi connectivity index (χ4n) is 4.74. The first kappa shape index (κ1) is 30.2. The van der Waals surface area contributed by atoms with Gasteiger partial charge >= 0.3 is 0 Å². The number of benzene rings is 5. The number of rotatable bonds is 7. The van der Waals surface area contributed by atoms with Crippen LogP contribution in [0.3, 0.4) is 0 Å². The predicted molar refractivity (Wildman–Crippen MR) is 186 cm³/mol. The Morgan fingerprint density at radius 1 is 0.644 bits per heavy atom. The van der Waals surface area contributed by atoms with Crippen molar-refractivity contribution in [3.8, 4) is 22.3 Å². The highest BCUT2D eigenvalue weighted by Crippen LogP contribution is 2.28. The number of aromatic nitrogens is 2. The highest BCUT2D eigenvalue weighted by atomic mass is 16.2. The first-order valence-corrected chi connectivity index (χ1v) is 14.2. The number of fused-ring (bicyclic) bond motifs is 2. The van der Waals surface area contributed by atoms with Gasteiger partial charge in [-0.3, -0.25) is 9.59 Å². The van der Waals surface area contributed by atoms with Crippen molar-refractivity contribution in [1.29, 1.82) is 0 Å². The third-order valence-electron chi connectivity index (χ3n) is 7.03. The molecule has 1 aromatic heterocycles. The Morgan fingerprint density at radius 2 is 1.18 bits per heavy atom. The fraction of sp³-hybridized carbons (Fsp3) is 0.0270. The van der Waals surface area contributed by atoms with E-state index in [0.29, 0.717) is 5.69 Å². The van der Waals surface area contributed by atoms with Crippen LogP contribution in [0.15, 0.2) is 135 Å². The third-order valence-corrected chi connectivity index (χ3v) is 7.03. The van der Waals surface area contributed by atoms with Gasteiger partial charge in [0, 0.05) is 35.7 Å². The first-order valence-electron chi connectivity index (χ1n) is 14.2. The van der Waals surface area contributed by atoms with E-state index in [1.807, 2.05) is 73.8 Å². The minimum atomic E-state index is -0.240. The first-order chi connectivity index (χ1) is 21.8. The van der Waals surface area contributed by atoms with E-state index in [1.165, 1.54) is 22.9 Å². The Balaban J connectivity index is 0.000000178. The molecule has 0 atom stereocenters. The molecular formula is C37H32N6O2. The zero-order chi connectivity index (χ0) is 31.8. The highest BCUT2D eigenvalue weighted by Gasteiger charge is 2.05. The molecule has 45 heavy (non-hydrogen) atoms. The molecule has 222 valence electrons. The van der Waals surface area contributed by atoms with Crippen LogP contribution < -0.4 is 21.7 Å². The minimum Gasteiger partial charge on any atom is -0.388 e. The maximum atomic E-state index is 11.4. The van der Waals surface area contributed by atoms with E-state index in [2.05, 4.69) is 75.5 Å². The van der Waals surface area contributed by atoms with Gasteiger partial charge < -0.3 is 21.7 Å². The largest absolute Gasteiger partial charge is 0.388 e. The summed E-state index contributed by atoms with van der Waals surface area (Å²) in [5.74, 6) is -0.201. The summed E-state index contributed by atoms with van der Waals surface area (Å²) in [6.45, 7) is 6.91. The van der Waals surface area contributed by atoms with Crippen LogP contribution >= 0.6 is 0 Å². The molecule has 2 amide bonds. The lowest BCUT2D eigenvalue weighted by Crippen LogP contribution is -2.06. The number of carbonyl (C=O) groups is 2. The van der Waals surface area contributed by atoms with Crippen molar-refractivity contribution in [3.63, 3.8) is 0 Å². The van der Waals surface area contributed by atoms with E-state index >= 15 is 0 Å². The zero-order valence-corrected chi connectivity index (χ0v) is 24.7. The second-order valence-electron chi connectivity index (χ2n) is 10.1. The van der Waals surface area contributed by atoms with E-state index in [1.54, 1.807) is 6.20 Å². The molecule has 6 rings (SSSR count). The molecular weight excluding hydrogens is 560 g/mol. The summed E-state index contributed by atoms with van der Waals surface area (Å²) in [5.41, 5.74) is 13.1. The zero-order valence-electron chi connectivity index (χ0n) is 24.7. The van der Waals surface area contributed by atoms with E-state index in [9.17, 15) is 9.59 Å². The minimum absolute atomic E-state index is 0.208. The Hall–Kier alpha value is -6.28. The summed E-state index contributed by atoms with van der Waals surface area (Å²) in [6, 6.07) is 33.9. The molecule has 0 aliphatic rings. The Kier molecular flexibility index (Phi) is 9.25. The number of hydrogen-bond donors (Lipinski definition) is 4. The molecule has 5 N–H and O–H groups in total. The molecule has 0 radical (unpaired) electrons. The van der Waals surface area contributed by atoms with Crippen LogP contribution in [0.25, 0.3) is 43.9 Å². The number of nitrogens with two attached hydrogens (primary N) is 1. The van der Waals surface area contributed by atoms with Crippen molar-refractivity contribution >= 4 is 56.5 Å². The molecule has 8 nitrogen and oxygen atoms in total. The fourth-order valence-corrected chi connectivity index (χ4v) is 4.74. The van der Waals surface area contributed by atoms with Crippen LogP contribution in [0.2, 0.25) is 0 Å². The van der Waals surface area contributed by atoms with Crippen LogP contribution in [0.5, 0.6) is 0 Å². The molecule has 6 aromatic rings. The summed E-state index contributed by atoms with van der Waals surface area (Å²) in [6.07, 6.45) is 4.20. The van der Waals surface area contributed by atoms with Crippen LogP contribution in [-0.2, 0) is 9.59 Å². The number of nitrogens with zero attached hydrogens (tertiary/aromatic N) is 2. The molecule has 0 saturated heterocycles. The van der Waals surface area contributed by atoms with E-state index < -0.39 is 0 Å². The average Bonchev–Trinajstić information content (AvgIpc) is 3.07. The number of nitrogen functional groups attached to an aromatic ring is 1. The maximum absolute atomic E-state index is 11.4. The molecule has 0 unspecified atom stereocenters. The van der Waals surface area contributed by atoms with Gasteiger partial charge in [-0.2, -0.15) is 0 Å². The van der Waals surface area contributed by atoms with Gasteiger partial charge in [-0.05, 0) is 93.7 Å². The van der Waals surface area contributed by atoms with Gasteiger partial charge in [0.2, 0.25) is 17.8 Å². The number of amides is 2. The summed E-state index contributed by atoms with van der Waals surface area (Å²) >= 11 is 0. The molecule has 0 saturated carbocycles. The molecule has 0 spiro atoms. The van der Waals surface area contributed by atoms with Crippen LogP contribution in [0.1, 0.15) is 0 Å². The molecule has 8 heteroatoms. The lowest BCUT2D eigenvalue weighted by molar-refractivity contribution is -0.112. The smallest absolute Gasteiger partial charge is 0.247 e. The third kappa shape index (κ3) is 7.57. The van der Waals surface area contributed by atoms with Crippen molar-refractivity contribution in [3.05, 3.63) is 135 Å². The second-order valence-corrected chi connectivity index (χ2v) is 10.1. The Bertz CT molecular complexity index is 2050. The Morgan fingerprint density at radius 3 is 1.78 bits per heavy atom. The van der Waals surface area contributed by atoms with Crippen LogP contribution in [0.4, 0.5) is 23.0 Å². The Labute approximate surface area is 261 Å². The lowest BCUT2D eigenvalue weighted by atomic mass is 10.0. The number of carbonyl (C=O) groups excluding carboxylic acids is 2. The van der Waals surface area contributed by atoms with E-state index in [-0.39, 0.29) is 17.8 Å². The standard InChI is InChI=1S/C20H18N2O.C17H14N4O/c1-3-20(23)22-19-6-4-5-14(13-19)15-7-8-17-12-18(21-2)10-9-16(17)11-15;1-2-16(22)20-14-5-3-4-11(8-14)12-6-7-13-10-19-17(18)21-15(13)9-12/h3-13,21H,1H2,2H3,(H,22,23);2-10H,1H2,(H,20,22)(H2,18,19,21). The number of hydrogen-bond acceptors (Lipinski definition) is 6. The summed E-state index contributed by atoms with van der Waals surface area (Å²) in [4.78, 5) is 31.0. The highest BCUT2D eigenvalue weighted by molar-refractivity contribution is 6.00. The normalized spacial score (nSPS) is 10.3. The average molecular weight is 593 g/mol. The summed E-state index contributed by atoms with van der Waals surface area (Å²) in [7, 11) is 1.92. The molecule has 0 bridgehead atoms. The van der Waals surface area contributed by atoms with Crippen molar-refractivity contribution in [2.75, 3.05) is 28.7 Å². The molecule has 0 aliphatic carbocycles. The monoisotopic (exact) mass is 592 g/mol. The number of nitrogens with one attached hydrogen (secondary N) is 3. The molecule has 0 aliphatic heterocycles. The number of anilines is 4. The molecule has 1 heterocycles. The van der Waals surface area contributed by atoms with Gasteiger partial charge in [-0.15, -0.1) is 0 Å². The van der Waals surface area contributed by atoms with E-state index in [0.717, 1.165) is 44.5 Å². The molecule has 5 aromatic carbocycles. The van der Waals surface area contributed by atoms with Gasteiger partial charge in [0.05, 0.1) is 5.52 Å². The summed E-state index contributed by atoms with van der Waals surface area (Å²) < 4.78 is 0. The van der Waals surface area contributed by atoms with Gasteiger partial charge in [-0.1, -0.05) is 67.8 Å². The van der Waals surface area contributed by atoms with Gasteiger partial charge in [-0.25, -0.2) is 9.97 Å². The van der Waals surface area contributed by atoms with Crippen molar-refractivity contribution < 1.29 is 9.59 Å².